The Morgan fingerprint density at radius 2 is 1.94 bits per heavy atom. The molecule has 7 heteroatoms. The maximum atomic E-state index is 6.32. The van der Waals surface area contributed by atoms with Crippen LogP contribution in [-0.4, -0.2) is 41.7 Å². The van der Waals surface area contributed by atoms with Crippen LogP contribution in [0.15, 0.2) is 87.9 Å². The minimum atomic E-state index is 0.535. The third kappa shape index (κ3) is 5.22. The van der Waals surface area contributed by atoms with Crippen LogP contribution in [0.25, 0.3) is 5.70 Å². The van der Waals surface area contributed by atoms with Crippen molar-refractivity contribution in [1.82, 2.24) is 9.80 Å². The lowest BCUT2D eigenvalue weighted by molar-refractivity contribution is 0.153. The quantitative estimate of drug-likeness (QED) is 0.595. The molecule has 0 bridgehead atoms. The molecule has 0 atom stereocenters. The summed E-state index contributed by atoms with van der Waals surface area (Å²) in [5, 5.41) is 2.78. The fraction of sp³-hybridized carbons (Fsp3) is 0.240. The lowest BCUT2D eigenvalue weighted by Crippen LogP contribution is -2.45. The summed E-state index contributed by atoms with van der Waals surface area (Å²) in [7, 11) is 0. The minimum absolute atomic E-state index is 0.535. The van der Waals surface area contributed by atoms with Crippen molar-refractivity contribution in [3.05, 3.63) is 93.3 Å². The van der Waals surface area contributed by atoms with E-state index in [1.54, 1.807) is 6.07 Å². The molecular formula is C25H27ClN4OS. The van der Waals surface area contributed by atoms with Crippen molar-refractivity contribution in [1.29, 1.82) is 0 Å². The van der Waals surface area contributed by atoms with Gasteiger partial charge in [-0.3, -0.25) is 4.90 Å². The molecular weight excluding hydrogens is 440 g/mol. The van der Waals surface area contributed by atoms with E-state index in [0.717, 1.165) is 49.6 Å². The van der Waals surface area contributed by atoms with Gasteiger partial charge in [-0.1, -0.05) is 36.4 Å². The third-order valence-corrected chi connectivity index (χ3v) is 6.83. The van der Waals surface area contributed by atoms with E-state index < -0.39 is 0 Å². The van der Waals surface area contributed by atoms with Crippen LogP contribution in [0, 0.1) is 0 Å². The zero-order valence-electron chi connectivity index (χ0n) is 18.1. The molecule has 2 heterocycles. The lowest BCUT2D eigenvalue weighted by Gasteiger charge is -2.37. The highest BCUT2D eigenvalue weighted by atomic mass is 35.5. The minimum Gasteiger partial charge on any atom is -0.411 e. The maximum absolute atomic E-state index is 6.32. The van der Waals surface area contributed by atoms with Crippen molar-refractivity contribution >= 4 is 34.3 Å². The molecule has 2 aromatic rings. The second-order valence-electron chi connectivity index (χ2n) is 7.76. The number of allylic oxidation sites excluding steroid dienone is 6. The molecule has 0 spiro atoms. The number of nitrogens with zero attached hydrogens (tertiary/aromatic N) is 3. The molecule has 4 rings (SSSR count). The molecule has 32 heavy (non-hydrogen) atoms. The van der Waals surface area contributed by atoms with Gasteiger partial charge in [-0.15, -0.1) is 11.3 Å². The third-order valence-electron chi connectivity index (χ3n) is 5.74. The number of benzene rings is 1. The van der Waals surface area contributed by atoms with Gasteiger partial charge in [-0.05, 0) is 48.7 Å². The SMILES string of the molecule is C=C(N=C1C=C(Cl)C=C/C1=C(/C)N1CCN(Cc2cccs2)CC1)c1ccccc1ON. The van der Waals surface area contributed by atoms with E-state index in [4.69, 9.17) is 27.3 Å². The van der Waals surface area contributed by atoms with Crippen molar-refractivity contribution in [3.63, 3.8) is 0 Å². The van der Waals surface area contributed by atoms with Crippen LogP contribution >= 0.6 is 22.9 Å². The Kier molecular flexibility index (Phi) is 7.27. The summed E-state index contributed by atoms with van der Waals surface area (Å²) in [6.07, 6.45) is 5.82. The zero-order valence-corrected chi connectivity index (χ0v) is 19.7. The van der Waals surface area contributed by atoms with Gasteiger partial charge < -0.3 is 9.74 Å². The highest BCUT2D eigenvalue weighted by Gasteiger charge is 2.21. The van der Waals surface area contributed by atoms with E-state index in [-0.39, 0.29) is 0 Å². The number of nitrogens with two attached hydrogens (primary N) is 1. The molecule has 5 nitrogen and oxygen atoms in total. The van der Waals surface area contributed by atoms with E-state index in [1.807, 2.05) is 47.8 Å². The first kappa shape index (κ1) is 22.6. The molecule has 0 unspecified atom stereocenters. The maximum Gasteiger partial charge on any atom is 0.156 e. The molecule has 1 aliphatic heterocycles. The van der Waals surface area contributed by atoms with Crippen LogP contribution in [0.5, 0.6) is 5.75 Å². The molecule has 1 aromatic carbocycles. The topological polar surface area (TPSA) is 54.1 Å². The van der Waals surface area contributed by atoms with Crippen molar-refractivity contribution in [2.24, 2.45) is 10.9 Å². The predicted molar refractivity (Wildman–Crippen MR) is 135 cm³/mol. The highest BCUT2D eigenvalue weighted by Crippen LogP contribution is 2.28. The first-order chi connectivity index (χ1) is 15.5. The summed E-state index contributed by atoms with van der Waals surface area (Å²) < 4.78 is 0. The van der Waals surface area contributed by atoms with E-state index in [2.05, 4.69) is 40.8 Å². The monoisotopic (exact) mass is 466 g/mol. The average Bonchev–Trinajstić information content (AvgIpc) is 3.32. The first-order valence-corrected chi connectivity index (χ1v) is 11.8. The van der Waals surface area contributed by atoms with E-state index in [0.29, 0.717) is 16.5 Å². The van der Waals surface area contributed by atoms with E-state index >= 15 is 0 Å². The van der Waals surface area contributed by atoms with Crippen LogP contribution in [0.4, 0.5) is 0 Å². The molecule has 1 saturated heterocycles. The van der Waals surface area contributed by atoms with Gasteiger partial charge in [0.05, 0.1) is 11.4 Å². The number of aliphatic imine (C=N–C) groups is 1. The predicted octanol–water partition coefficient (Wildman–Crippen LogP) is 5.20. The van der Waals surface area contributed by atoms with E-state index in [1.165, 1.54) is 10.6 Å². The standard InChI is InChI=1S/C25H27ClN4OS/c1-18(22-7-3-4-8-25(22)31-27)28-24-16-20(26)9-10-23(24)19(2)30-13-11-29(12-14-30)17-21-6-5-15-32-21/h3-10,15-16H,1,11-14,17,27H2,2H3/b23-19+,28-24?. The normalized spacial score (nSPS) is 19.8. The first-order valence-electron chi connectivity index (χ1n) is 10.5. The number of rotatable bonds is 6. The summed E-state index contributed by atoms with van der Waals surface area (Å²) in [5.41, 5.74) is 4.34. The van der Waals surface area contributed by atoms with Crippen molar-refractivity contribution in [2.75, 3.05) is 26.2 Å². The highest BCUT2D eigenvalue weighted by molar-refractivity contribution is 7.09. The molecule has 1 aromatic heterocycles. The second-order valence-corrected chi connectivity index (χ2v) is 9.23. The Balaban J connectivity index is 1.53. The summed E-state index contributed by atoms with van der Waals surface area (Å²) in [4.78, 5) is 16.1. The zero-order chi connectivity index (χ0) is 22.5. The van der Waals surface area contributed by atoms with Gasteiger partial charge in [0.25, 0.3) is 0 Å². The van der Waals surface area contributed by atoms with Crippen LogP contribution in [0.1, 0.15) is 17.4 Å². The average molecular weight is 467 g/mol. The Morgan fingerprint density at radius 3 is 2.66 bits per heavy atom. The number of piperazine rings is 1. The Morgan fingerprint density at radius 1 is 1.16 bits per heavy atom. The Labute approximate surface area is 198 Å². The Hall–Kier alpha value is -2.64. The number of thiophene rings is 1. The van der Waals surface area contributed by atoms with Crippen LogP contribution in [0.2, 0.25) is 0 Å². The molecule has 0 radical (unpaired) electrons. The molecule has 0 amide bonds. The number of para-hydroxylation sites is 1. The largest absolute Gasteiger partial charge is 0.411 e. The van der Waals surface area contributed by atoms with Crippen LogP contribution in [-0.2, 0) is 6.54 Å². The van der Waals surface area contributed by atoms with Gasteiger partial charge in [-0.25, -0.2) is 4.99 Å². The van der Waals surface area contributed by atoms with Gasteiger partial charge in [0.15, 0.2) is 5.75 Å². The number of hydrogen-bond acceptors (Lipinski definition) is 6. The van der Waals surface area contributed by atoms with Crippen LogP contribution < -0.4 is 10.7 Å². The number of halogens is 1. The number of hydrogen-bond donors (Lipinski definition) is 1. The summed E-state index contributed by atoms with van der Waals surface area (Å²) in [6, 6.07) is 11.8. The van der Waals surface area contributed by atoms with Gasteiger partial charge in [0.1, 0.15) is 0 Å². The van der Waals surface area contributed by atoms with Gasteiger partial charge in [-0.2, -0.15) is 5.90 Å². The van der Waals surface area contributed by atoms with E-state index in [9.17, 15) is 0 Å². The van der Waals surface area contributed by atoms with Crippen molar-refractivity contribution in [3.8, 4) is 5.75 Å². The lowest BCUT2D eigenvalue weighted by atomic mass is 10.0. The van der Waals surface area contributed by atoms with Gasteiger partial charge in [0.2, 0.25) is 0 Å². The van der Waals surface area contributed by atoms with Gasteiger partial charge in [0, 0.05) is 59.5 Å². The molecule has 1 fully saturated rings. The second kappa shape index (κ2) is 10.3. The van der Waals surface area contributed by atoms with Gasteiger partial charge >= 0.3 is 0 Å². The summed E-state index contributed by atoms with van der Waals surface area (Å²) in [5.74, 6) is 5.95. The molecule has 166 valence electrons. The molecule has 2 aliphatic rings. The summed E-state index contributed by atoms with van der Waals surface area (Å²) >= 11 is 8.14. The van der Waals surface area contributed by atoms with Crippen molar-refractivity contribution < 1.29 is 4.84 Å². The summed E-state index contributed by atoms with van der Waals surface area (Å²) in [6.45, 7) is 11.3. The van der Waals surface area contributed by atoms with Crippen molar-refractivity contribution in [2.45, 2.75) is 13.5 Å². The fourth-order valence-corrected chi connectivity index (χ4v) is 4.86. The smallest absolute Gasteiger partial charge is 0.156 e. The fourth-order valence-electron chi connectivity index (χ4n) is 3.95. The molecule has 0 saturated carbocycles. The molecule has 2 N–H and O–H groups in total. The van der Waals surface area contributed by atoms with Crippen LogP contribution in [0.3, 0.4) is 0 Å². The Bertz CT molecular complexity index is 1090. The molecule has 1 aliphatic carbocycles.